The number of carbonyl (C=O) groups excluding carboxylic acids is 1. The quantitative estimate of drug-likeness (QED) is 0.873. The van der Waals surface area contributed by atoms with E-state index in [0.717, 1.165) is 18.5 Å². The molecular weight excluding hydrogens is 292 g/mol. The Bertz CT molecular complexity index is 782. The lowest BCUT2D eigenvalue weighted by atomic mass is 9.96. The van der Waals surface area contributed by atoms with Gasteiger partial charge in [0.1, 0.15) is 6.54 Å². The molecular formula is C18H20N2O3. The number of para-hydroxylation sites is 1. The summed E-state index contributed by atoms with van der Waals surface area (Å²) in [6, 6.07) is 11.4. The van der Waals surface area contributed by atoms with Crippen molar-refractivity contribution >= 4 is 11.6 Å². The number of fused-ring (bicyclic) bond motifs is 1. The topological polar surface area (TPSA) is 51.5 Å². The number of hydrogen-bond donors (Lipinski definition) is 0. The largest absolute Gasteiger partial charge is 0.491 e. The van der Waals surface area contributed by atoms with Gasteiger partial charge in [-0.05, 0) is 43.5 Å². The monoisotopic (exact) mass is 312 g/mol. The van der Waals surface area contributed by atoms with Gasteiger partial charge < -0.3 is 14.2 Å². The van der Waals surface area contributed by atoms with E-state index in [2.05, 4.69) is 6.07 Å². The van der Waals surface area contributed by atoms with Crippen molar-refractivity contribution in [3.8, 4) is 5.75 Å². The maximum atomic E-state index is 12.8. The molecule has 1 aromatic carbocycles. The van der Waals surface area contributed by atoms with Gasteiger partial charge in [0, 0.05) is 17.9 Å². The van der Waals surface area contributed by atoms with Crippen LogP contribution >= 0.6 is 0 Å². The molecule has 0 aliphatic carbocycles. The summed E-state index contributed by atoms with van der Waals surface area (Å²) in [5.74, 6) is 0.160. The van der Waals surface area contributed by atoms with Crippen LogP contribution in [-0.2, 0) is 17.8 Å². The second-order valence-corrected chi connectivity index (χ2v) is 5.79. The third kappa shape index (κ3) is 2.86. The number of hydrogen-bond acceptors (Lipinski definition) is 3. The molecule has 5 heteroatoms. The molecule has 1 amide bonds. The molecule has 5 nitrogen and oxygen atoms in total. The van der Waals surface area contributed by atoms with Gasteiger partial charge >= 0.3 is 0 Å². The fraction of sp³-hybridized carbons (Fsp3) is 0.333. The predicted octanol–water partition coefficient (Wildman–Crippen LogP) is 2.22. The average Bonchev–Trinajstić information content (AvgIpc) is 2.56. The fourth-order valence-electron chi connectivity index (χ4n) is 3.08. The van der Waals surface area contributed by atoms with E-state index in [1.54, 1.807) is 18.3 Å². The second-order valence-electron chi connectivity index (χ2n) is 5.79. The minimum atomic E-state index is -0.290. The minimum Gasteiger partial charge on any atom is -0.491 e. The first-order chi connectivity index (χ1) is 11.1. The van der Waals surface area contributed by atoms with E-state index in [-0.39, 0.29) is 29.8 Å². The van der Waals surface area contributed by atoms with Gasteiger partial charge in [-0.3, -0.25) is 9.59 Å². The molecule has 0 radical (unpaired) electrons. The van der Waals surface area contributed by atoms with Crippen LogP contribution in [-0.4, -0.2) is 23.6 Å². The molecule has 1 atom stereocenters. The van der Waals surface area contributed by atoms with Gasteiger partial charge in [0.05, 0.1) is 7.11 Å². The molecule has 1 unspecified atom stereocenters. The van der Waals surface area contributed by atoms with Gasteiger partial charge in [0.2, 0.25) is 5.91 Å². The Hall–Kier alpha value is -2.56. The molecule has 0 spiro atoms. The molecule has 23 heavy (non-hydrogen) atoms. The lowest BCUT2D eigenvalue weighted by Gasteiger charge is -2.35. The number of ether oxygens (including phenoxy) is 1. The average molecular weight is 312 g/mol. The van der Waals surface area contributed by atoms with Gasteiger partial charge in [-0.1, -0.05) is 18.2 Å². The van der Waals surface area contributed by atoms with Crippen molar-refractivity contribution in [2.45, 2.75) is 32.4 Å². The highest BCUT2D eigenvalue weighted by Gasteiger charge is 2.28. The molecule has 1 aliphatic heterocycles. The second kappa shape index (κ2) is 6.28. The number of carbonyl (C=O) groups is 1. The highest BCUT2D eigenvalue weighted by atomic mass is 16.5. The molecule has 1 aliphatic rings. The van der Waals surface area contributed by atoms with Crippen molar-refractivity contribution in [2.24, 2.45) is 0 Å². The maximum absolute atomic E-state index is 12.8. The van der Waals surface area contributed by atoms with Gasteiger partial charge in [-0.2, -0.15) is 0 Å². The van der Waals surface area contributed by atoms with E-state index in [9.17, 15) is 9.59 Å². The Kier molecular flexibility index (Phi) is 4.19. The van der Waals surface area contributed by atoms with Crippen molar-refractivity contribution in [2.75, 3.05) is 12.0 Å². The third-order valence-corrected chi connectivity index (χ3v) is 4.30. The van der Waals surface area contributed by atoms with E-state index in [0.29, 0.717) is 0 Å². The van der Waals surface area contributed by atoms with Gasteiger partial charge in [0.15, 0.2) is 5.75 Å². The molecule has 0 saturated carbocycles. The van der Waals surface area contributed by atoms with Crippen molar-refractivity contribution in [1.29, 1.82) is 0 Å². The van der Waals surface area contributed by atoms with Crippen molar-refractivity contribution in [3.63, 3.8) is 0 Å². The standard InChI is InChI=1S/C18H20N2O3/c1-13-9-10-14-6-3-4-7-15(14)20(13)17(21)12-19-11-5-8-16(23-2)18(19)22/h3-8,11,13H,9-10,12H2,1-2H3. The summed E-state index contributed by atoms with van der Waals surface area (Å²) in [4.78, 5) is 26.8. The Labute approximate surface area is 135 Å². The summed E-state index contributed by atoms with van der Waals surface area (Å²) in [5.41, 5.74) is 1.84. The zero-order chi connectivity index (χ0) is 16.4. The minimum absolute atomic E-state index is 0.00864. The van der Waals surface area contributed by atoms with Crippen LogP contribution in [0.15, 0.2) is 47.4 Å². The number of aromatic nitrogens is 1. The van der Waals surface area contributed by atoms with E-state index in [1.807, 2.05) is 30.0 Å². The smallest absolute Gasteiger partial charge is 0.293 e. The Morgan fingerprint density at radius 3 is 2.83 bits per heavy atom. The summed E-state index contributed by atoms with van der Waals surface area (Å²) < 4.78 is 6.43. The van der Waals surface area contributed by atoms with E-state index in [4.69, 9.17) is 4.74 Å². The molecule has 1 aromatic heterocycles. The van der Waals surface area contributed by atoms with E-state index in [1.165, 1.54) is 17.2 Å². The Balaban J connectivity index is 1.91. The highest BCUT2D eigenvalue weighted by molar-refractivity contribution is 5.95. The lowest BCUT2D eigenvalue weighted by molar-refractivity contribution is -0.119. The van der Waals surface area contributed by atoms with Crippen LogP contribution in [0, 0.1) is 0 Å². The fourth-order valence-corrected chi connectivity index (χ4v) is 3.08. The van der Waals surface area contributed by atoms with Crippen LogP contribution < -0.4 is 15.2 Å². The van der Waals surface area contributed by atoms with Crippen LogP contribution in [0.2, 0.25) is 0 Å². The summed E-state index contributed by atoms with van der Waals surface area (Å²) >= 11 is 0. The maximum Gasteiger partial charge on any atom is 0.293 e. The first-order valence-electron chi connectivity index (χ1n) is 7.75. The number of rotatable bonds is 3. The molecule has 0 fully saturated rings. The molecule has 2 heterocycles. The van der Waals surface area contributed by atoms with E-state index < -0.39 is 0 Å². The van der Waals surface area contributed by atoms with Crippen LogP contribution in [0.5, 0.6) is 5.75 Å². The zero-order valence-electron chi connectivity index (χ0n) is 13.4. The predicted molar refractivity (Wildman–Crippen MR) is 89.0 cm³/mol. The molecule has 2 aromatic rings. The number of anilines is 1. The van der Waals surface area contributed by atoms with E-state index >= 15 is 0 Å². The number of pyridine rings is 1. The summed E-state index contributed by atoms with van der Waals surface area (Å²) in [6.07, 6.45) is 3.51. The summed E-state index contributed by atoms with van der Waals surface area (Å²) in [5, 5.41) is 0. The van der Waals surface area contributed by atoms with Gasteiger partial charge in [-0.15, -0.1) is 0 Å². The van der Waals surface area contributed by atoms with Crippen LogP contribution in [0.4, 0.5) is 5.69 Å². The number of aryl methyl sites for hydroxylation is 1. The van der Waals surface area contributed by atoms with Crippen LogP contribution in [0.25, 0.3) is 0 Å². The SMILES string of the molecule is COc1cccn(CC(=O)N2c3ccccc3CCC2C)c1=O. The van der Waals surface area contributed by atoms with Crippen molar-refractivity contribution in [1.82, 2.24) is 4.57 Å². The van der Waals surface area contributed by atoms with Crippen molar-refractivity contribution < 1.29 is 9.53 Å². The molecule has 0 N–H and O–H groups in total. The molecule has 3 rings (SSSR count). The Morgan fingerprint density at radius 2 is 2.04 bits per heavy atom. The highest BCUT2D eigenvalue weighted by Crippen LogP contribution is 2.30. The van der Waals surface area contributed by atoms with Crippen LogP contribution in [0.3, 0.4) is 0 Å². The normalized spacial score (nSPS) is 16.8. The Morgan fingerprint density at radius 1 is 1.26 bits per heavy atom. The van der Waals surface area contributed by atoms with Gasteiger partial charge in [-0.25, -0.2) is 0 Å². The zero-order valence-corrected chi connectivity index (χ0v) is 13.4. The third-order valence-electron chi connectivity index (χ3n) is 4.30. The molecule has 0 bridgehead atoms. The number of benzene rings is 1. The first kappa shape index (κ1) is 15.3. The summed E-state index contributed by atoms with van der Waals surface area (Å²) in [7, 11) is 1.45. The first-order valence-corrected chi connectivity index (χ1v) is 7.75. The number of amides is 1. The van der Waals surface area contributed by atoms with Crippen molar-refractivity contribution in [3.05, 3.63) is 58.5 Å². The summed E-state index contributed by atoms with van der Waals surface area (Å²) in [6.45, 7) is 2.05. The molecule has 0 saturated heterocycles. The number of methoxy groups -OCH3 is 1. The lowest BCUT2D eigenvalue weighted by Crippen LogP contribution is -2.44. The molecule has 120 valence electrons. The van der Waals surface area contributed by atoms with Gasteiger partial charge in [0.25, 0.3) is 5.56 Å². The van der Waals surface area contributed by atoms with Crippen LogP contribution in [0.1, 0.15) is 18.9 Å². The number of nitrogens with zero attached hydrogens (tertiary/aromatic N) is 2.